The first-order valence-corrected chi connectivity index (χ1v) is 6.12. The highest BCUT2D eigenvalue weighted by molar-refractivity contribution is 5.80. The van der Waals surface area contributed by atoms with E-state index in [1.54, 1.807) is 6.07 Å². The summed E-state index contributed by atoms with van der Waals surface area (Å²) in [5.74, 6) is -0.768. The highest BCUT2D eigenvalue weighted by Crippen LogP contribution is 2.23. The minimum atomic E-state index is -0.768. The van der Waals surface area contributed by atoms with Crippen molar-refractivity contribution in [1.29, 1.82) is 0 Å². The van der Waals surface area contributed by atoms with Crippen LogP contribution in [0.2, 0.25) is 0 Å². The maximum atomic E-state index is 14.1. The molecule has 1 aromatic heterocycles. The number of hydrogen-bond acceptors (Lipinski definition) is 2. The molecule has 0 unspecified atom stereocenters. The number of fused-ring (bicyclic) bond motifs is 1. The van der Waals surface area contributed by atoms with E-state index in [0.717, 1.165) is 10.9 Å². The summed E-state index contributed by atoms with van der Waals surface area (Å²) in [6, 6.07) is 13.9. The van der Waals surface area contributed by atoms with Crippen molar-refractivity contribution in [2.75, 3.05) is 0 Å². The van der Waals surface area contributed by atoms with Gasteiger partial charge in [0.05, 0.1) is 11.5 Å². The molecule has 0 amide bonds. The van der Waals surface area contributed by atoms with Gasteiger partial charge >= 0.3 is 5.69 Å². The van der Waals surface area contributed by atoms with Crippen LogP contribution in [0.1, 0.15) is 5.56 Å². The zero-order valence-corrected chi connectivity index (χ0v) is 10.5. The molecule has 0 atom stereocenters. The Hall–Kier alpha value is -2.69. The molecule has 0 aliphatic carbocycles. The summed E-state index contributed by atoms with van der Waals surface area (Å²) < 4.78 is 15.9. The maximum absolute atomic E-state index is 14.1. The number of para-hydroxylation sites is 1. The summed E-state index contributed by atoms with van der Waals surface area (Å²) in [7, 11) is 0. The highest BCUT2D eigenvalue weighted by Gasteiger charge is 2.17. The third-order valence-corrected chi connectivity index (χ3v) is 3.28. The molecule has 0 radical (unpaired) electrons. The van der Waals surface area contributed by atoms with Crippen LogP contribution >= 0.6 is 0 Å². The van der Waals surface area contributed by atoms with E-state index >= 15 is 0 Å². The molecule has 0 aliphatic heterocycles. The van der Waals surface area contributed by atoms with Crippen molar-refractivity contribution in [2.24, 2.45) is 0 Å². The van der Waals surface area contributed by atoms with Crippen LogP contribution in [0.3, 0.4) is 0 Å². The van der Waals surface area contributed by atoms with E-state index in [0.29, 0.717) is 5.56 Å². The van der Waals surface area contributed by atoms with Gasteiger partial charge < -0.3 is 4.57 Å². The quantitative estimate of drug-likeness (QED) is 0.537. The second-order valence-corrected chi connectivity index (χ2v) is 4.51. The second-order valence-electron chi connectivity index (χ2n) is 4.51. The highest BCUT2D eigenvalue weighted by atomic mass is 19.1. The lowest BCUT2D eigenvalue weighted by molar-refractivity contribution is -0.387. The first-order valence-electron chi connectivity index (χ1n) is 6.12. The lowest BCUT2D eigenvalue weighted by Gasteiger charge is -2.07. The molecule has 0 fully saturated rings. The van der Waals surface area contributed by atoms with Crippen LogP contribution in [0.15, 0.2) is 54.7 Å². The molecule has 0 saturated carbocycles. The summed E-state index contributed by atoms with van der Waals surface area (Å²) in [5.41, 5.74) is 0.790. The number of hydrogen-bond donors (Lipinski definition) is 0. The van der Waals surface area contributed by atoms with E-state index in [4.69, 9.17) is 0 Å². The molecule has 5 heteroatoms. The monoisotopic (exact) mass is 270 g/mol. The van der Waals surface area contributed by atoms with Gasteiger partial charge in [-0.05, 0) is 17.5 Å². The summed E-state index contributed by atoms with van der Waals surface area (Å²) in [6.45, 7) is 0.265. The van der Waals surface area contributed by atoms with E-state index in [1.807, 2.05) is 41.1 Å². The van der Waals surface area contributed by atoms with Gasteiger partial charge in [-0.2, -0.15) is 4.39 Å². The minimum Gasteiger partial charge on any atom is -0.343 e. The lowest BCUT2D eigenvalue weighted by Crippen LogP contribution is -2.03. The predicted molar refractivity (Wildman–Crippen MR) is 74.1 cm³/mol. The Kier molecular flexibility index (Phi) is 2.95. The number of benzene rings is 2. The van der Waals surface area contributed by atoms with Crippen LogP contribution in [0.5, 0.6) is 0 Å². The van der Waals surface area contributed by atoms with Crippen LogP contribution in [0.25, 0.3) is 10.9 Å². The molecule has 2 aromatic carbocycles. The largest absolute Gasteiger partial charge is 0.343 e. The Morgan fingerprint density at radius 2 is 1.90 bits per heavy atom. The SMILES string of the molecule is O=[N+]([O-])c1cccc(Cn2ccc3ccccc32)c1F. The smallest absolute Gasteiger partial charge is 0.305 e. The van der Waals surface area contributed by atoms with Gasteiger partial charge in [-0.3, -0.25) is 10.1 Å². The Morgan fingerprint density at radius 1 is 1.10 bits per heavy atom. The Bertz CT molecular complexity index is 795. The van der Waals surface area contributed by atoms with E-state index in [1.165, 1.54) is 12.1 Å². The standard InChI is InChI=1S/C15H11FN2O2/c16-15-12(5-3-7-14(15)18(19)20)10-17-9-8-11-4-1-2-6-13(11)17/h1-9H,10H2. The molecule has 0 bridgehead atoms. The average molecular weight is 270 g/mol. The van der Waals surface area contributed by atoms with Crippen molar-refractivity contribution in [3.05, 3.63) is 76.2 Å². The summed E-state index contributed by atoms with van der Waals surface area (Å²) >= 11 is 0. The Morgan fingerprint density at radius 3 is 2.70 bits per heavy atom. The van der Waals surface area contributed by atoms with Crippen LogP contribution in [0, 0.1) is 15.9 Å². The fourth-order valence-electron chi connectivity index (χ4n) is 2.29. The van der Waals surface area contributed by atoms with Crippen LogP contribution in [0.4, 0.5) is 10.1 Å². The van der Waals surface area contributed by atoms with Gasteiger partial charge in [-0.15, -0.1) is 0 Å². The second kappa shape index (κ2) is 4.77. The molecule has 3 aromatic rings. The van der Waals surface area contributed by atoms with Gasteiger partial charge in [0.2, 0.25) is 5.82 Å². The van der Waals surface area contributed by atoms with Crippen molar-refractivity contribution in [3.63, 3.8) is 0 Å². The molecule has 100 valence electrons. The maximum Gasteiger partial charge on any atom is 0.305 e. The third-order valence-electron chi connectivity index (χ3n) is 3.28. The molecule has 1 heterocycles. The zero-order valence-electron chi connectivity index (χ0n) is 10.5. The van der Waals surface area contributed by atoms with Gasteiger partial charge in [0, 0.05) is 23.3 Å². The number of rotatable bonds is 3. The van der Waals surface area contributed by atoms with Crippen LogP contribution in [-0.4, -0.2) is 9.49 Å². The first kappa shape index (κ1) is 12.3. The van der Waals surface area contributed by atoms with E-state index in [9.17, 15) is 14.5 Å². The number of nitro groups is 1. The fraction of sp³-hybridized carbons (Fsp3) is 0.0667. The van der Waals surface area contributed by atoms with Gasteiger partial charge in [-0.1, -0.05) is 30.3 Å². The normalized spacial score (nSPS) is 10.8. The number of nitro benzene ring substituents is 1. The van der Waals surface area contributed by atoms with Gasteiger partial charge in [0.1, 0.15) is 0 Å². The van der Waals surface area contributed by atoms with Gasteiger partial charge in [0.25, 0.3) is 0 Å². The summed E-state index contributed by atoms with van der Waals surface area (Å²) in [6.07, 6.45) is 1.85. The first-order chi connectivity index (χ1) is 9.66. The number of aromatic nitrogens is 1. The van der Waals surface area contributed by atoms with Crippen LogP contribution < -0.4 is 0 Å². The predicted octanol–water partition coefficient (Wildman–Crippen LogP) is 3.74. The Balaban J connectivity index is 2.03. The Labute approximate surface area is 114 Å². The van der Waals surface area contributed by atoms with Gasteiger partial charge in [0.15, 0.2) is 0 Å². The molecule has 0 saturated heterocycles. The topological polar surface area (TPSA) is 48.1 Å². The zero-order chi connectivity index (χ0) is 14.1. The van der Waals surface area contributed by atoms with Crippen LogP contribution in [-0.2, 0) is 6.54 Å². The van der Waals surface area contributed by atoms with E-state index < -0.39 is 16.4 Å². The molecule has 0 spiro atoms. The average Bonchev–Trinajstić information content (AvgIpc) is 2.84. The number of nitrogens with zero attached hydrogens (tertiary/aromatic N) is 2. The molecule has 3 rings (SSSR count). The minimum absolute atomic E-state index is 0.265. The van der Waals surface area contributed by atoms with Crippen molar-refractivity contribution in [3.8, 4) is 0 Å². The fourth-order valence-corrected chi connectivity index (χ4v) is 2.29. The molecule has 0 N–H and O–H groups in total. The molecule has 20 heavy (non-hydrogen) atoms. The summed E-state index contributed by atoms with van der Waals surface area (Å²) in [4.78, 5) is 10.0. The van der Waals surface area contributed by atoms with E-state index in [-0.39, 0.29) is 6.54 Å². The van der Waals surface area contributed by atoms with Gasteiger partial charge in [-0.25, -0.2) is 0 Å². The summed E-state index contributed by atoms with van der Waals surface area (Å²) in [5, 5.41) is 11.8. The van der Waals surface area contributed by atoms with Crippen molar-refractivity contribution < 1.29 is 9.31 Å². The molecular formula is C15H11FN2O2. The number of halogens is 1. The molecule has 0 aliphatic rings. The van der Waals surface area contributed by atoms with Crippen molar-refractivity contribution in [1.82, 2.24) is 4.57 Å². The van der Waals surface area contributed by atoms with Crippen molar-refractivity contribution in [2.45, 2.75) is 6.54 Å². The van der Waals surface area contributed by atoms with E-state index in [2.05, 4.69) is 0 Å². The molecular weight excluding hydrogens is 259 g/mol. The third kappa shape index (κ3) is 2.03. The molecule has 4 nitrogen and oxygen atoms in total. The lowest BCUT2D eigenvalue weighted by atomic mass is 10.2. The van der Waals surface area contributed by atoms with Crippen molar-refractivity contribution >= 4 is 16.6 Å².